The Bertz CT molecular complexity index is 905. The molecule has 7 nitrogen and oxygen atoms in total. The number of amides is 1. The minimum Gasteiger partial charge on any atom is -0.468 e. The summed E-state index contributed by atoms with van der Waals surface area (Å²) in [6, 6.07) is 0. The molecule has 148 valence electrons. The van der Waals surface area contributed by atoms with Crippen molar-refractivity contribution in [2.24, 2.45) is 0 Å². The van der Waals surface area contributed by atoms with E-state index in [2.05, 4.69) is 4.74 Å². The molecular formula is C17H22N2O5S3. The zero-order valence-electron chi connectivity index (χ0n) is 15.6. The third-order valence-electron chi connectivity index (χ3n) is 3.95. The quantitative estimate of drug-likeness (QED) is 0.455. The summed E-state index contributed by atoms with van der Waals surface area (Å²) < 4.78 is 13.8. The maximum absolute atomic E-state index is 12.8. The van der Waals surface area contributed by atoms with E-state index in [4.69, 9.17) is 17.0 Å². The van der Waals surface area contributed by atoms with Crippen molar-refractivity contribution in [2.75, 3.05) is 20.3 Å². The Kier molecular flexibility index (Phi) is 7.78. The van der Waals surface area contributed by atoms with Crippen LogP contribution in [0.25, 0.3) is 12.2 Å². The van der Waals surface area contributed by atoms with Gasteiger partial charge in [-0.15, -0.1) is 11.3 Å². The van der Waals surface area contributed by atoms with Gasteiger partial charge >= 0.3 is 5.97 Å². The highest BCUT2D eigenvalue weighted by Crippen LogP contribution is 2.31. The Hall–Kier alpha value is -1.49. The van der Waals surface area contributed by atoms with Crippen LogP contribution in [0, 0.1) is 0 Å². The molecule has 2 unspecified atom stereocenters. The predicted molar refractivity (Wildman–Crippen MR) is 111 cm³/mol. The standard InChI is InChI=1S/C17H22N2O5S3/c1-5-11-15(21)18(6-2)12(26-11)8-10(24-7-3)14-16(22)19(17(25)27-14)9-13(20)23-4/h5,8,10,14H,6-7,9H2,1-4H3/b11-5+,12-8?. The number of rotatable bonds is 7. The molecule has 27 heavy (non-hydrogen) atoms. The van der Waals surface area contributed by atoms with E-state index in [-0.39, 0.29) is 18.0 Å². The number of carbonyl (C=O) groups excluding carboxylic acids is 2. The summed E-state index contributed by atoms with van der Waals surface area (Å²) in [5.74, 6) is -0.834. The molecule has 0 aromatic carbocycles. The summed E-state index contributed by atoms with van der Waals surface area (Å²) in [4.78, 5) is 37.9. The van der Waals surface area contributed by atoms with Gasteiger partial charge in [0.1, 0.15) is 16.1 Å². The van der Waals surface area contributed by atoms with Gasteiger partial charge in [-0.2, -0.15) is 0 Å². The minimum atomic E-state index is -0.612. The van der Waals surface area contributed by atoms with Crippen LogP contribution in [-0.2, 0) is 25.6 Å². The van der Waals surface area contributed by atoms with Gasteiger partial charge in [-0.05, 0) is 26.8 Å². The molecule has 1 aromatic heterocycles. The van der Waals surface area contributed by atoms with Crippen molar-refractivity contribution in [3.63, 3.8) is 0 Å². The lowest BCUT2D eigenvalue weighted by Crippen LogP contribution is -2.40. The number of thiocarbonyl (C=S) groups is 1. The summed E-state index contributed by atoms with van der Waals surface area (Å²) in [5, 5.41) is -0.612. The number of thioether (sulfide) groups is 1. The van der Waals surface area contributed by atoms with Crippen LogP contribution in [-0.4, -0.2) is 57.3 Å². The van der Waals surface area contributed by atoms with Crippen LogP contribution < -0.4 is 14.8 Å². The maximum Gasteiger partial charge on any atom is 0.325 e. The number of esters is 1. The van der Waals surface area contributed by atoms with Gasteiger partial charge in [0.25, 0.3) is 5.56 Å². The number of hydrogen-bond acceptors (Lipinski definition) is 8. The van der Waals surface area contributed by atoms with Gasteiger partial charge in [-0.3, -0.25) is 23.9 Å². The molecule has 0 aliphatic carbocycles. The summed E-state index contributed by atoms with van der Waals surface area (Å²) in [6.45, 7) is 6.24. The SMILES string of the molecule is C/C=c1/sc(=CC(OCC)C2SC(=S)N(CC(=O)OC)C2=O)n(CC)c1=O. The molecule has 0 spiro atoms. The molecule has 1 aromatic rings. The highest BCUT2D eigenvalue weighted by molar-refractivity contribution is 8.24. The summed E-state index contributed by atoms with van der Waals surface area (Å²) in [6.07, 6.45) is 2.99. The Morgan fingerprint density at radius 2 is 2.07 bits per heavy atom. The highest BCUT2D eigenvalue weighted by Gasteiger charge is 2.42. The summed E-state index contributed by atoms with van der Waals surface area (Å²) >= 11 is 7.80. The molecule has 2 heterocycles. The Labute approximate surface area is 170 Å². The average Bonchev–Trinajstić information content (AvgIpc) is 3.11. The molecule has 1 fully saturated rings. The third-order valence-corrected chi connectivity index (χ3v) is 6.80. The summed E-state index contributed by atoms with van der Waals surface area (Å²) in [5.41, 5.74) is -0.0558. The van der Waals surface area contributed by atoms with Crippen molar-refractivity contribution >= 4 is 63.7 Å². The molecule has 1 aliphatic rings. The van der Waals surface area contributed by atoms with Crippen LogP contribution in [0.1, 0.15) is 20.8 Å². The number of aromatic nitrogens is 1. The van der Waals surface area contributed by atoms with E-state index in [1.807, 2.05) is 20.8 Å². The van der Waals surface area contributed by atoms with Crippen molar-refractivity contribution in [3.8, 4) is 0 Å². The van der Waals surface area contributed by atoms with E-state index in [0.29, 0.717) is 22.0 Å². The molecule has 10 heteroatoms. The molecule has 0 saturated carbocycles. The Morgan fingerprint density at radius 1 is 1.37 bits per heavy atom. The largest absolute Gasteiger partial charge is 0.468 e. The van der Waals surface area contributed by atoms with Gasteiger partial charge in [0.15, 0.2) is 0 Å². The van der Waals surface area contributed by atoms with Crippen LogP contribution in [0.3, 0.4) is 0 Å². The molecule has 0 bridgehead atoms. The van der Waals surface area contributed by atoms with Crippen LogP contribution in [0.15, 0.2) is 4.79 Å². The second-order valence-corrected chi connectivity index (χ2v) is 8.37. The molecular weight excluding hydrogens is 408 g/mol. The molecule has 2 rings (SSSR count). The minimum absolute atomic E-state index is 0.0558. The second-order valence-electron chi connectivity index (χ2n) is 5.53. The molecule has 2 atom stereocenters. The topological polar surface area (TPSA) is 77.8 Å². The maximum atomic E-state index is 12.8. The zero-order valence-corrected chi connectivity index (χ0v) is 18.0. The summed E-state index contributed by atoms with van der Waals surface area (Å²) in [7, 11) is 1.26. The first kappa shape index (κ1) is 21.8. The molecule has 0 N–H and O–H groups in total. The van der Waals surface area contributed by atoms with Crippen molar-refractivity contribution < 1.29 is 19.1 Å². The van der Waals surface area contributed by atoms with Gasteiger partial charge in [0, 0.05) is 13.2 Å². The lowest BCUT2D eigenvalue weighted by atomic mass is 10.2. The lowest BCUT2D eigenvalue weighted by Gasteiger charge is -2.18. The van der Waals surface area contributed by atoms with Crippen LogP contribution >= 0.6 is 35.3 Å². The first-order valence-corrected chi connectivity index (χ1v) is 10.6. The van der Waals surface area contributed by atoms with Crippen molar-refractivity contribution in [1.82, 2.24) is 9.47 Å². The van der Waals surface area contributed by atoms with Gasteiger partial charge in [0.05, 0.1) is 22.4 Å². The number of methoxy groups -OCH3 is 1. The Morgan fingerprint density at radius 3 is 2.63 bits per heavy atom. The fraction of sp³-hybridized carbons (Fsp3) is 0.529. The Balaban J connectivity index is 2.42. The second kappa shape index (κ2) is 9.63. The normalized spacial score (nSPS) is 19.9. The van der Waals surface area contributed by atoms with E-state index in [1.54, 1.807) is 16.7 Å². The van der Waals surface area contributed by atoms with Gasteiger partial charge in [-0.1, -0.05) is 30.1 Å². The predicted octanol–water partition coefficient (Wildman–Crippen LogP) is 0.318. The third kappa shape index (κ3) is 4.68. The van der Waals surface area contributed by atoms with E-state index >= 15 is 0 Å². The first-order valence-electron chi connectivity index (χ1n) is 8.46. The van der Waals surface area contributed by atoms with Gasteiger partial charge in [0.2, 0.25) is 5.91 Å². The number of thiazole rings is 1. The fourth-order valence-electron chi connectivity index (χ4n) is 2.62. The monoisotopic (exact) mass is 430 g/mol. The van der Waals surface area contributed by atoms with Crippen molar-refractivity contribution in [2.45, 2.75) is 38.7 Å². The van der Waals surface area contributed by atoms with E-state index in [0.717, 1.165) is 4.66 Å². The molecule has 1 aliphatic heterocycles. The fourth-order valence-corrected chi connectivity index (χ4v) is 5.17. The van der Waals surface area contributed by atoms with E-state index in [1.165, 1.54) is 35.1 Å². The number of hydrogen-bond donors (Lipinski definition) is 0. The van der Waals surface area contributed by atoms with Gasteiger partial charge < -0.3 is 9.47 Å². The van der Waals surface area contributed by atoms with E-state index < -0.39 is 17.3 Å². The molecule has 1 saturated heterocycles. The highest BCUT2D eigenvalue weighted by atomic mass is 32.2. The first-order chi connectivity index (χ1) is 12.9. The number of nitrogens with zero attached hydrogens (tertiary/aromatic N) is 2. The van der Waals surface area contributed by atoms with Crippen molar-refractivity contribution in [3.05, 3.63) is 19.5 Å². The van der Waals surface area contributed by atoms with Crippen LogP contribution in [0.4, 0.5) is 0 Å². The molecule has 1 amide bonds. The number of carbonyl (C=O) groups is 2. The van der Waals surface area contributed by atoms with E-state index in [9.17, 15) is 14.4 Å². The zero-order chi connectivity index (χ0) is 20.1. The molecule has 0 radical (unpaired) electrons. The van der Waals surface area contributed by atoms with Gasteiger partial charge in [-0.25, -0.2) is 0 Å². The smallest absolute Gasteiger partial charge is 0.325 e. The number of ether oxygens (including phenoxy) is 2. The lowest BCUT2D eigenvalue weighted by molar-refractivity contribution is -0.144. The van der Waals surface area contributed by atoms with Crippen LogP contribution in [0.2, 0.25) is 0 Å². The average molecular weight is 431 g/mol. The van der Waals surface area contributed by atoms with Crippen LogP contribution in [0.5, 0.6) is 0 Å². The van der Waals surface area contributed by atoms with Crippen molar-refractivity contribution in [1.29, 1.82) is 0 Å².